The molecular weight excluding hydrogens is 415 g/mol. The van der Waals surface area contributed by atoms with Crippen LogP contribution < -0.4 is 5.43 Å². The molecule has 0 bridgehead atoms. The van der Waals surface area contributed by atoms with Crippen LogP contribution in [0.5, 0.6) is 0 Å². The number of hydrazone groups is 1. The first-order valence-electron chi connectivity index (χ1n) is 7.09. The van der Waals surface area contributed by atoms with Gasteiger partial charge in [0.05, 0.1) is 17.5 Å². The number of rotatable bonds is 4. The van der Waals surface area contributed by atoms with E-state index in [0.717, 1.165) is 27.9 Å². The second-order valence-electron chi connectivity index (χ2n) is 5.03. The summed E-state index contributed by atoms with van der Waals surface area (Å²) in [6.07, 6.45) is -2.89. The molecule has 0 amide bonds. The van der Waals surface area contributed by atoms with E-state index in [1.165, 1.54) is 29.7 Å². The van der Waals surface area contributed by atoms with Crippen LogP contribution in [0.1, 0.15) is 11.1 Å². The Balaban J connectivity index is 1.64. The van der Waals surface area contributed by atoms with Crippen molar-refractivity contribution < 1.29 is 13.2 Å². The van der Waals surface area contributed by atoms with Gasteiger partial charge in [-0.1, -0.05) is 40.2 Å². The Bertz CT molecular complexity index is 871. The molecule has 1 N–H and O–H groups in total. The first-order chi connectivity index (χ1) is 11.9. The largest absolute Gasteiger partial charge is 0.416 e. The Hall–Kier alpha value is -2.19. The molecule has 3 nitrogen and oxygen atoms in total. The maximum atomic E-state index is 12.5. The molecule has 0 atom stereocenters. The Morgan fingerprint density at radius 2 is 1.72 bits per heavy atom. The van der Waals surface area contributed by atoms with Gasteiger partial charge >= 0.3 is 6.18 Å². The highest BCUT2D eigenvalue weighted by Crippen LogP contribution is 2.29. The maximum absolute atomic E-state index is 12.5. The molecule has 25 heavy (non-hydrogen) atoms. The van der Waals surface area contributed by atoms with Crippen LogP contribution in [0.2, 0.25) is 0 Å². The number of anilines is 1. The Labute approximate surface area is 154 Å². The van der Waals surface area contributed by atoms with Crippen molar-refractivity contribution in [3.05, 3.63) is 69.5 Å². The first kappa shape index (κ1) is 17.6. The molecule has 1 heterocycles. The van der Waals surface area contributed by atoms with E-state index in [1.807, 2.05) is 29.6 Å². The van der Waals surface area contributed by atoms with Gasteiger partial charge in [-0.25, -0.2) is 4.98 Å². The molecule has 8 heteroatoms. The zero-order valence-corrected chi connectivity index (χ0v) is 15.0. The molecule has 0 saturated heterocycles. The van der Waals surface area contributed by atoms with Crippen LogP contribution >= 0.6 is 27.3 Å². The van der Waals surface area contributed by atoms with E-state index >= 15 is 0 Å². The van der Waals surface area contributed by atoms with Crippen molar-refractivity contribution in [3.8, 4) is 11.3 Å². The lowest BCUT2D eigenvalue weighted by Crippen LogP contribution is -2.04. The van der Waals surface area contributed by atoms with E-state index in [1.54, 1.807) is 0 Å². The molecule has 0 aliphatic rings. The summed E-state index contributed by atoms with van der Waals surface area (Å²) in [4.78, 5) is 4.42. The Kier molecular flexibility index (Phi) is 5.19. The van der Waals surface area contributed by atoms with Gasteiger partial charge in [-0.05, 0) is 29.8 Å². The topological polar surface area (TPSA) is 37.3 Å². The van der Waals surface area contributed by atoms with Gasteiger partial charge in [-0.15, -0.1) is 11.3 Å². The van der Waals surface area contributed by atoms with Gasteiger partial charge in [0.1, 0.15) is 0 Å². The van der Waals surface area contributed by atoms with E-state index < -0.39 is 11.7 Å². The number of thiazole rings is 1. The third kappa shape index (κ3) is 4.67. The number of benzene rings is 2. The van der Waals surface area contributed by atoms with Crippen LogP contribution in [0.4, 0.5) is 18.3 Å². The Morgan fingerprint density at radius 3 is 2.36 bits per heavy atom. The average molecular weight is 426 g/mol. The van der Waals surface area contributed by atoms with Gasteiger partial charge in [-0.3, -0.25) is 5.43 Å². The molecule has 3 rings (SSSR count). The molecule has 1 aromatic heterocycles. The number of halogens is 4. The zero-order chi connectivity index (χ0) is 17.9. The van der Waals surface area contributed by atoms with Crippen molar-refractivity contribution in [2.45, 2.75) is 6.18 Å². The summed E-state index contributed by atoms with van der Waals surface area (Å²) in [7, 11) is 0. The van der Waals surface area contributed by atoms with Crippen LogP contribution in [0.3, 0.4) is 0 Å². The molecule has 0 spiro atoms. The number of alkyl halides is 3. The summed E-state index contributed by atoms with van der Waals surface area (Å²) in [5.74, 6) is 0. The summed E-state index contributed by atoms with van der Waals surface area (Å²) >= 11 is 4.78. The highest BCUT2D eigenvalue weighted by Gasteiger charge is 2.29. The van der Waals surface area contributed by atoms with Crippen molar-refractivity contribution in [3.63, 3.8) is 0 Å². The van der Waals surface area contributed by atoms with Crippen LogP contribution in [-0.2, 0) is 6.18 Å². The minimum absolute atomic E-state index is 0.560. The minimum Gasteiger partial charge on any atom is -0.253 e. The van der Waals surface area contributed by atoms with Gasteiger partial charge in [0.15, 0.2) is 0 Å². The van der Waals surface area contributed by atoms with E-state index in [2.05, 4.69) is 31.4 Å². The average Bonchev–Trinajstić information content (AvgIpc) is 3.04. The minimum atomic E-state index is -4.34. The lowest BCUT2D eigenvalue weighted by Gasteiger charge is -2.05. The fraction of sp³-hybridized carbons (Fsp3) is 0.0588. The predicted octanol–water partition coefficient (Wildman–Crippen LogP) is 6.04. The van der Waals surface area contributed by atoms with Crippen molar-refractivity contribution in [2.75, 3.05) is 5.43 Å². The van der Waals surface area contributed by atoms with Gasteiger partial charge in [-0.2, -0.15) is 18.3 Å². The van der Waals surface area contributed by atoms with Crippen LogP contribution in [0, 0.1) is 0 Å². The number of aromatic nitrogens is 1. The third-order valence-corrected chi connectivity index (χ3v) is 4.53. The number of hydrogen-bond acceptors (Lipinski definition) is 4. The molecule has 2 aromatic carbocycles. The predicted molar refractivity (Wildman–Crippen MR) is 97.9 cm³/mol. The van der Waals surface area contributed by atoms with E-state index in [0.29, 0.717) is 10.7 Å². The second-order valence-corrected chi connectivity index (χ2v) is 6.81. The lowest BCUT2D eigenvalue weighted by atomic mass is 10.1. The van der Waals surface area contributed by atoms with Crippen LogP contribution in [0.25, 0.3) is 11.3 Å². The fourth-order valence-corrected chi connectivity index (χ4v) is 2.93. The third-order valence-electron chi connectivity index (χ3n) is 3.26. The molecule has 0 saturated carbocycles. The molecule has 0 aliphatic carbocycles. The zero-order valence-electron chi connectivity index (χ0n) is 12.6. The number of nitrogens with zero attached hydrogens (tertiary/aromatic N) is 2. The second kappa shape index (κ2) is 7.37. The van der Waals surface area contributed by atoms with E-state index in [9.17, 15) is 13.2 Å². The van der Waals surface area contributed by atoms with Crippen molar-refractivity contribution >= 4 is 38.6 Å². The van der Waals surface area contributed by atoms with E-state index in [-0.39, 0.29) is 0 Å². The lowest BCUT2D eigenvalue weighted by molar-refractivity contribution is -0.137. The van der Waals surface area contributed by atoms with Crippen molar-refractivity contribution in [2.24, 2.45) is 5.10 Å². The monoisotopic (exact) mass is 425 g/mol. The number of hydrogen-bond donors (Lipinski definition) is 1. The summed E-state index contributed by atoms with van der Waals surface area (Å²) in [6, 6.07) is 12.6. The van der Waals surface area contributed by atoms with Crippen molar-refractivity contribution in [1.29, 1.82) is 0 Å². The first-order valence-corrected chi connectivity index (χ1v) is 8.77. The van der Waals surface area contributed by atoms with Gasteiger partial charge < -0.3 is 0 Å². The quantitative estimate of drug-likeness (QED) is 0.408. The molecule has 0 aliphatic heterocycles. The molecule has 0 unspecified atom stereocenters. The highest BCUT2D eigenvalue weighted by atomic mass is 79.9. The summed E-state index contributed by atoms with van der Waals surface area (Å²) in [6.45, 7) is 0. The SMILES string of the molecule is FC(F)(F)c1ccc(/C=N/Nc2nc(-c3ccc(Br)cc3)cs2)cc1. The number of nitrogens with one attached hydrogen (secondary N) is 1. The molecular formula is C17H11BrF3N3S. The van der Waals surface area contributed by atoms with E-state index in [4.69, 9.17) is 0 Å². The molecule has 0 radical (unpaired) electrons. The van der Waals surface area contributed by atoms with Crippen LogP contribution in [-0.4, -0.2) is 11.2 Å². The molecule has 0 fully saturated rings. The summed E-state index contributed by atoms with van der Waals surface area (Å²) in [5.41, 5.74) is 4.47. The Morgan fingerprint density at radius 1 is 1.04 bits per heavy atom. The molecule has 128 valence electrons. The summed E-state index contributed by atoms with van der Waals surface area (Å²) < 4.78 is 38.5. The standard InChI is InChI=1S/C17H11BrF3N3S/c18-14-7-3-12(4-8-14)15-10-25-16(23-15)24-22-9-11-1-5-13(6-2-11)17(19,20)21/h1-10H,(H,23,24)/b22-9+. The normalized spacial score (nSPS) is 11.8. The molecule has 3 aromatic rings. The van der Waals surface area contributed by atoms with Crippen molar-refractivity contribution in [1.82, 2.24) is 4.98 Å². The highest BCUT2D eigenvalue weighted by molar-refractivity contribution is 9.10. The maximum Gasteiger partial charge on any atom is 0.416 e. The van der Waals surface area contributed by atoms with Gasteiger partial charge in [0.25, 0.3) is 0 Å². The van der Waals surface area contributed by atoms with Crippen LogP contribution in [0.15, 0.2) is 63.5 Å². The smallest absolute Gasteiger partial charge is 0.253 e. The fourth-order valence-electron chi connectivity index (χ4n) is 2.00. The van der Waals surface area contributed by atoms with Gasteiger partial charge in [0.2, 0.25) is 5.13 Å². The van der Waals surface area contributed by atoms with Gasteiger partial charge in [0, 0.05) is 15.4 Å². The summed E-state index contributed by atoms with van der Waals surface area (Å²) in [5, 5.41) is 6.51.